The first-order chi connectivity index (χ1) is 10.7. The van der Waals surface area contributed by atoms with Gasteiger partial charge in [0.25, 0.3) is 5.69 Å². The fraction of sp³-hybridized carbons (Fsp3) is 0.400. The number of amides is 1. The molecule has 8 nitrogen and oxygen atoms in total. The lowest BCUT2D eigenvalue weighted by Gasteiger charge is -2.43. The molecule has 0 unspecified atom stereocenters. The molecule has 23 heavy (non-hydrogen) atoms. The number of ketones is 1. The van der Waals surface area contributed by atoms with Crippen LogP contribution >= 0.6 is 0 Å². The number of hydrogen-bond acceptors (Lipinski definition) is 6. The third kappa shape index (κ3) is 2.91. The van der Waals surface area contributed by atoms with Crippen molar-refractivity contribution >= 4 is 17.4 Å². The van der Waals surface area contributed by atoms with Crippen molar-refractivity contribution in [2.24, 2.45) is 11.8 Å². The molecule has 0 radical (unpaired) electrons. The van der Waals surface area contributed by atoms with Gasteiger partial charge in [0.15, 0.2) is 0 Å². The highest BCUT2D eigenvalue weighted by Gasteiger charge is 2.52. The second-order valence-corrected chi connectivity index (χ2v) is 5.71. The van der Waals surface area contributed by atoms with Crippen molar-refractivity contribution in [2.45, 2.75) is 25.5 Å². The molecule has 0 spiro atoms. The number of nitrogens with zero attached hydrogens (tertiary/aromatic N) is 2. The van der Waals surface area contributed by atoms with Crippen molar-refractivity contribution in [3.8, 4) is 6.07 Å². The molecule has 0 saturated carbocycles. The Kier molecular flexibility index (Phi) is 4.16. The number of hydrogen-bond donors (Lipinski definition) is 2. The normalized spacial score (nSPS) is 30.2. The molecule has 1 saturated heterocycles. The van der Waals surface area contributed by atoms with Gasteiger partial charge in [0.2, 0.25) is 5.91 Å². The molecule has 1 aromatic rings. The zero-order valence-corrected chi connectivity index (χ0v) is 12.5. The predicted molar refractivity (Wildman–Crippen MR) is 77.9 cm³/mol. The maximum Gasteiger partial charge on any atom is 0.269 e. The van der Waals surface area contributed by atoms with Crippen LogP contribution < -0.4 is 5.32 Å². The van der Waals surface area contributed by atoms with Crippen LogP contribution in [0.25, 0.3) is 0 Å². The molecule has 1 fully saturated rings. The van der Waals surface area contributed by atoms with Gasteiger partial charge in [-0.2, -0.15) is 5.26 Å². The van der Waals surface area contributed by atoms with Gasteiger partial charge >= 0.3 is 0 Å². The highest BCUT2D eigenvalue weighted by molar-refractivity contribution is 5.89. The molecular weight excluding hydrogens is 302 g/mol. The van der Waals surface area contributed by atoms with Crippen LogP contribution in [-0.4, -0.2) is 27.4 Å². The number of nitro groups is 1. The number of rotatable bonds is 3. The first kappa shape index (κ1) is 16.6. The highest BCUT2D eigenvalue weighted by Crippen LogP contribution is 2.42. The summed E-state index contributed by atoms with van der Waals surface area (Å²) in [7, 11) is 0. The molecule has 1 aromatic carbocycles. The summed E-state index contributed by atoms with van der Waals surface area (Å²) in [5, 5.41) is 32.9. The van der Waals surface area contributed by atoms with E-state index in [2.05, 4.69) is 5.32 Å². The molecule has 2 rings (SSSR count). The monoisotopic (exact) mass is 317 g/mol. The Morgan fingerprint density at radius 2 is 2.17 bits per heavy atom. The molecule has 0 aliphatic carbocycles. The van der Waals surface area contributed by atoms with Gasteiger partial charge in [0.1, 0.15) is 17.4 Å². The molecule has 8 heteroatoms. The number of nitro benzene ring substituents is 1. The Morgan fingerprint density at radius 3 is 2.70 bits per heavy atom. The number of non-ortho nitro benzene ring substituents is 1. The lowest BCUT2D eigenvalue weighted by Crippen LogP contribution is -2.62. The summed E-state index contributed by atoms with van der Waals surface area (Å²) in [4.78, 5) is 34.4. The summed E-state index contributed by atoms with van der Waals surface area (Å²) < 4.78 is 0. The second-order valence-electron chi connectivity index (χ2n) is 5.71. The van der Waals surface area contributed by atoms with Crippen molar-refractivity contribution in [1.29, 1.82) is 5.26 Å². The van der Waals surface area contributed by atoms with E-state index in [9.17, 15) is 30.1 Å². The fourth-order valence-electron chi connectivity index (χ4n) is 3.13. The highest BCUT2D eigenvalue weighted by atomic mass is 16.6. The SMILES string of the molecule is CC(=O)[C@@H]1[C@H](c2cccc([N+](=O)[O-])c2)[C@@H](C#N)C(=O)N[C@@]1(C)O. The van der Waals surface area contributed by atoms with Crippen molar-refractivity contribution in [2.75, 3.05) is 0 Å². The minimum absolute atomic E-state index is 0.216. The molecule has 1 aliphatic rings. The minimum atomic E-state index is -1.84. The van der Waals surface area contributed by atoms with Gasteiger partial charge in [0, 0.05) is 18.1 Å². The van der Waals surface area contributed by atoms with Gasteiger partial charge in [-0.15, -0.1) is 0 Å². The number of benzene rings is 1. The zero-order chi connectivity index (χ0) is 17.4. The molecule has 120 valence electrons. The standard InChI is InChI=1S/C15H15N3O5/c1-8(19)13-12(9-4-3-5-10(6-9)18(22)23)11(7-16)14(20)17-15(13,2)21/h3-6,11-13,21H,1-2H3,(H,17,20)/t11-,12-,13-,15+/m1/s1. The van der Waals surface area contributed by atoms with E-state index >= 15 is 0 Å². The van der Waals surface area contributed by atoms with Crippen molar-refractivity contribution in [3.05, 3.63) is 39.9 Å². The average Bonchev–Trinajstić information content (AvgIpc) is 2.45. The number of Topliss-reactive ketones (excluding diaryl/α,β-unsaturated/α-hetero) is 1. The van der Waals surface area contributed by atoms with E-state index in [1.165, 1.54) is 38.1 Å². The molecular formula is C15H15N3O5. The number of nitrogens with one attached hydrogen (secondary N) is 1. The maximum absolute atomic E-state index is 12.1. The van der Waals surface area contributed by atoms with Gasteiger partial charge in [-0.3, -0.25) is 19.7 Å². The number of aliphatic hydroxyl groups is 1. The van der Waals surface area contributed by atoms with E-state index < -0.39 is 40.1 Å². The first-order valence-electron chi connectivity index (χ1n) is 6.88. The van der Waals surface area contributed by atoms with E-state index in [0.29, 0.717) is 5.56 Å². The van der Waals surface area contributed by atoms with E-state index in [0.717, 1.165) is 0 Å². The van der Waals surface area contributed by atoms with E-state index in [1.54, 1.807) is 0 Å². The largest absolute Gasteiger partial charge is 0.370 e. The van der Waals surface area contributed by atoms with Gasteiger partial charge < -0.3 is 10.4 Å². The average molecular weight is 317 g/mol. The first-order valence-corrected chi connectivity index (χ1v) is 6.88. The third-order valence-corrected chi connectivity index (χ3v) is 4.03. The van der Waals surface area contributed by atoms with E-state index in [1.807, 2.05) is 6.07 Å². The topological polar surface area (TPSA) is 133 Å². The van der Waals surface area contributed by atoms with Crippen LogP contribution in [0, 0.1) is 33.3 Å². The maximum atomic E-state index is 12.1. The van der Waals surface area contributed by atoms with E-state index in [-0.39, 0.29) is 5.69 Å². The number of nitriles is 1. The Morgan fingerprint density at radius 1 is 1.52 bits per heavy atom. The van der Waals surface area contributed by atoms with Crippen molar-refractivity contribution in [3.63, 3.8) is 0 Å². The number of carbonyl (C=O) groups excluding carboxylic acids is 2. The second kappa shape index (κ2) is 5.78. The lowest BCUT2D eigenvalue weighted by molar-refractivity contribution is -0.385. The number of carbonyl (C=O) groups is 2. The molecule has 0 aromatic heterocycles. The van der Waals surface area contributed by atoms with Crippen LogP contribution in [0.5, 0.6) is 0 Å². The van der Waals surface area contributed by atoms with Crippen molar-refractivity contribution < 1.29 is 19.6 Å². The summed E-state index contributed by atoms with van der Waals surface area (Å²) in [6.45, 7) is 2.52. The zero-order valence-electron chi connectivity index (χ0n) is 12.5. The van der Waals surface area contributed by atoms with Gasteiger partial charge in [-0.25, -0.2) is 0 Å². The number of piperidine rings is 1. The van der Waals surface area contributed by atoms with Crippen molar-refractivity contribution in [1.82, 2.24) is 5.32 Å². The molecule has 1 aliphatic heterocycles. The molecule has 4 atom stereocenters. The molecule has 0 bridgehead atoms. The van der Waals surface area contributed by atoms with Gasteiger partial charge in [0.05, 0.1) is 16.9 Å². The van der Waals surface area contributed by atoms with Crippen LogP contribution in [0.4, 0.5) is 5.69 Å². The van der Waals surface area contributed by atoms with Crippen LogP contribution in [0.3, 0.4) is 0 Å². The van der Waals surface area contributed by atoms with Gasteiger partial charge in [-0.1, -0.05) is 12.1 Å². The smallest absolute Gasteiger partial charge is 0.269 e. The Hall–Kier alpha value is -2.79. The minimum Gasteiger partial charge on any atom is -0.370 e. The summed E-state index contributed by atoms with van der Waals surface area (Å²) >= 11 is 0. The van der Waals surface area contributed by atoms with Gasteiger partial charge in [-0.05, 0) is 19.4 Å². The predicted octanol–water partition coefficient (Wildman–Crippen LogP) is 0.862. The quantitative estimate of drug-likeness (QED) is 0.627. The Bertz CT molecular complexity index is 722. The van der Waals surface area contributed by atoms with Crippen LogP contribution in [0.2, 0.25) is 0 Å². The molecule has 1 amide bonds. The van der Waals surface area contributed by atoms with E-state index in [4.69, 9.17) is 0 Å². The summed E-state index contributed by atoms with van der Waals surface area (Å²) in [6.07, 6.45) is 0. The van der Waals surface area contributed by atoms with Crippen LogP contribution in [0.1, 0.15) is 25.3 Å². The molecule has 2 N–H and O–H groups in total. The summed E-state index contributed by atoms with van der Waals surface area (Å²) in [5.74, 6) is -4.43. The van der Waals surface area contributed by atoms with Crippen LogP contribution in [-0.2, 0) is 9.59 Å². The Balaban J connectivity index is 2.63. The fourth-order valence-corrected chi connectivity index (χ4v) is 3.13. The van der Waals surface area contributed by atoms with Crippen LogP contribution in [0.15, 0.2) is 24.3 Å². The molecule has 1 heterocycles. The third-order valence-electron chi connectivity index (χ3n) is 4.03. The summed E-state index contributed by atoms with van der Waals surface area (Å²) in [6, 6.07) is 7.25. The Labute approximate surface area is 131 Å². The lowest BCUT2D eigenvalue weighted by atomic mass is 9.68. The summed E-state index contributed by atoms with van der Waals surface area (Å²) in [5.41, 5.74) is -1.76.